The lowest BCUT2D eigenvalue weighted by atomic mass is 10.2. The molecule has 4 rings (SSSR count). The van der Waals surface area contributed by atoms with Crippen molar-refractivity contribution in [2.45, 2.75) is 19.8 Å². The van der Waals surface area contributed by atoms with Gasteiger partial charge < -0.3 is 15.8 Å². The molecule has 0 amide bonds. The van der Waals surface area contributed by atoms with Crippen molar-refractivity contribution in [3.63, 3.8) is 0 Å². The van der Waals surface area contributed by atoms with Gasteiger partial charge in [0.2, 0.25) is 0 Å². The van der Waals surface area contributed by atoms with Gasteiger partial charge in [-0.3, -0.25) is 0 Å². The van der Waals surface area contributed by atoms with Crippen LogP contribution in [0.15, 0.2) is 83.0 Å². The molecule has 0 unspecified atom stereocenters. The molecule has 0 saturated carbocycles. The number of benzene rings is 3. The lowest BCUT2D eigenvalue weighted by Crippen LogP contribution is -2.17. The molecule has 5 nitrogen and oxygen atoms in total. The lowest BCUT2D eigenvalue weighted by Gasteiger charge is -2.18. The maximum Gasteiger partial charge on any atom is 0.0859 e. The van der Waals surface area contributed by atoms with Crippen LogP contribution in [-0.2, 0) is 0 Å². The fraction of sp³-hybridized carbons (Fsp3) is 0.217. The van der Waals surface area contributed by atoms with Crippen molar-refractivity contribution in [1.82, 2.24) is 0 Å². The number of hydrogen-bond acceptors (Lipinski definition) is 5. The van der Waals surface area contributed by atoms with Crippen molar-refractivity contribution in [3.8, 4) is 0 Å². The van der Waals surface area contributed by atoms with Crippen molar-refractivity contribution in [1.29, 1.82) is 0 Å². The summed E-state index contributed by atoms with van der Waals surface area (Å²) in [5, 5.41) is 8.58. The molecule has 1 fully saturated rings. The zero-order valence-corrected chi connectivity index (χ0v) is 16.1. The van der Waals surface area contributed by atoms with E-state index in [0.717, 1.165) is 22.7 Å². The van der Waals surface area contributed by atoms with Crippen LogP contribution in [0.4, 0.5) is 28.4 Å². The van der Waals surface area contributed by atoms with Crippen molar-refractivity contribution in [2.24, 2.45) is 10.2 Å². The Morgan fingerprint density at radius 2 is 1.32 bits per heavy atom. The van der Waals surface area contributed by atoms with Gasteiger partial charge in [0.05, 0.1) is 22.7 Å². The first-order valence-corrected chi connectivity index (χ1v) is 9.72. The highest BCUT2D eigenvalue weighted by Crippen LogP contribution is 2.23. The molecule has 1 heterocycles. The van der Waals surface area contributed by atoms with E-state index in [1.165, 1.54) is 37.2 Å². The van der Waals surface area contributed by atoms with Gasteiger partial charge in [-0.2, -0.15) is 10.2 Å². The number of hydrazine groups is 1. The van der Waals surface area contributed by atoms with E-state index in [0.29, 0.717) is 0 Å². The van der Waals surface area contributed by atoms with Crippen LogP contribution >= 0.6 is 0 Å². The second-order valence-electron chi connectivity index (χ2n) is 7.08. The van der Waals surface area contributed by atoms with Crippen LogP contribution in [0.5, 0.6) is 0 Å². The zero-order valence-electron chi connectivity index (χ0n) is 16.1. The quantitative estimate of drug-likeness (QED) is 0.387. The maximum atomic E-state index is 4.30. The highest BCUT2D eigenvalue weighted by Gasteiger charge is 2.11. The minimum absolute atomic E-state index is 0.821. The average Bonchev–Trinajstić information content (AvgIpc) is 3.27. The number of azo groups is 1. The number of aryl methyl sites for hydroxylation is 1. The summed E-state index contributed by atoms with van der Waals surface area (Å²) in [5.74, 6) is 0. The Morgan fingerprint density at radius 1 is 0.714 bits per heavy atom. The smallest absolute Gasteiger partial charge is 0.0859 e. The van der Waals surface area contributed by atoms with Crippen LogP contribution in [-0.4, -0.2) is 13.1 Å². The number of rotatable bonds is 6. The summed E-state index contributed by atoms with van der Waals surface area (Å²) in [6.07, 6.45) is 2.59. The van der Waals surface area contributed by atoms with Gasteiger partial charge >= 0.3 is 0 Å². The predicted molar refractivity (Wildman–Crippen MR) is 117 cm³/mol. The monoisotopic (exact) mass is 371 g/mol. The molecule has 0 bridgehead atoms. The summed E-state index contributed by atoms with van der Waals surface area (Å²) in [6, 6.07) is 24.4. The Hall–Kier alpha value is -3.34. The third-order valence-electron chi connectivity index (χ3n) is 4.84. The SMILES string of the molecule is Cc1cccc(/N=N/c2ccc(NNc3ccc(N4CCCC4)cc3)cc2)c1. The third-order valence-corrected chi connectivity index (χ3v) is 4.84. The Balaban J connectivity index is 1.32. The molecule has 0 aliphatic carbocycles. The van der Waals surface area contributed by atoms with Crippen molar-refractivity contribution in [2.75, 3.05) is 28.8 Å². The molecule has 1 aliphatic rings. The molecule has 28 heavy (non-hydrogen) atoms. The van der Waals surface area contributed by atoms with Crippen LogP contribution in [0.1, 0.15) is 18.4 Å². The molecular weight excluding hydrogens is 346 g/mol. The highest BCUT2D eigenvalue weighted by atomic mass is 15.4. The predicted octanol–water partition coefficient (Wildman–Crippen LogP) is 6.45. The van der Waals surface area contributed by atoms with Crippen molar-refractivity contribution in [3.05, 3.63) is 78.4 Å². The Labute approximate surface area is 166 Å². The summed E-state index contributed by atoms with van der Waals surface area (Å²) in [4.78, 5) is 2.43. The molecule has 0 atom stereocenters. The van der Waals surface area contributed by atoms with Crippen LogP contribution in [0, 0.1) is 6.92 Å². The molecule has 0 radical (unpaired) electrons. The number of anilines is 3. The minimum atomic E-state index is 0.821. The van der Waals surface area contributed by atoms with E-state index in [-0.39, 0.29) is 0 Å². The topological polar surface area (TPSA) is 52.0 Å². The fourth-order valence-corrected chi connectivity index (χ4v) is 3.29. The van der Waals surface area contributed by atoms with Crippen LogP contribution in [0.2, 0.25) is 0 Å². The second-order valence-corrected chi connectivity index (χ2v) is 7.08. The standard InChI is InChI=1S/C23H25N5/c1-18-5-4-6-22(17-18)27-26-20-9-7-19(8-10-20)24-25-21-11-13-23(14-12-21)28-15-2-3-16-28/h4-14,17,24-25H,2-3,15-16H2,1H3/b27-26+. The first kappa shape index (κ1) is 18.0. The largest absolute Gasteiger partial charge is 0.372 e. The molecule has 1 aliphatic heterocycles. The second kappa shape index (κ2) is 8.57. The van der Waals surface area contributed by atoms with E-state index >= 15 is 0 Å². The van der Waals surface area contributed by atoms with Gasteiger partial charge in [0.1, 0.15) is 0 Å². The van der Waals surface area contributed by atoms with Gasteiger partial charge in [0.15, 0.2) is 0 Å². The average molecular weight is 371 g/mol. The zero-order chi connectivity index (χ0) is 19.2. The van der Waals surface area contributed by atoms with Gasteiger partial charge in [-0.25, -0.2) is 0 Å². The van der Waals surface area contributed by atoms with Gasteiger partial charge in [-0.1, -0.05) is 12.1 Å². The molecule has 142 valence electrons. The van der Waals surface area contributed by atoms with Crippen molar-refractivity contribution >= 4 is 28.4 Å². The first-order chi connectivity index (χ1) is 13.8. The summed E-state index contributed by atoms with van der Waals surface area (Å²) >= 11 is 0. The van der Waals surface area contributed by atoms with Gasteiger partial charge in [0, 0.05) is 18.8 Å². The van der Waals surface area contributed by atoms with E-state index in [4.69, 9.17) is 0 Å². The van der Waals surface area contributed by atoms with E-state index in [1.54, 1.807) is 0 Å². The molecule has 3 aromatic carbocycles. The molecule has 5 heteroatoms. The van der Waals surface area contributed by atoms with Crippen LogP contribution < -0.4 is 15.8 Å². The van der Waals surface area contributed by atoms with Gasteiger partial charge in [-0.15, -0.1) is 0 Å². The van der Waals surface area contributed by atoms with Crippen LogP contribution in [0.3, 0.4) is 0 Å². The lowest BCUT2D eigenvalue weighted by molar-refractivity contribution is 0.949. The van der Waals surface area contributed by atoms with Gasteiger partial charge in [0.25, 0.3) is 0 Å². The minimum Gasteiger partial charge on any atom is -0.372 e. The number of nitrogens with zero attached hydrogens (tertiary/aromatic N) is 3. The molecule has 0 aromatic heterocycles. The summed E-state index contributed by atoms with van der Waals surface area (Å²) in [6.45, 7) is 4.38. The fourth-order valence-electron chi connectivity index (χ4n) is 3.29. The molecule has 3 aromatic rings. The van der Waals surface area contributed by atoms with Gasteiger partial charge in [-0.05, 0) is 86.0 Å². The number of nitrogens with one attached hydrogen (secondary N) is 2. The number of hydrogen-bond donors (Lipinski definition) is 2. The van der Waals surface area contributed by atoms with Crippen LogP contribution in [0.25, 0.3) is 0 Å². The highest BCUT2D eigenvalue weighted by molar-refractivity contribution is 5.59. The normalized spacial score (nSPS) is 13.8. The van der Waals surface area contributed by atoms with E-state index in [2.05, 4.69) is 50.2 Å². The third kappa shape index (κ3) is 4.68. The first-order valence-electron chi connectivity index (χ1n) is 9.72. The Kier molecular flexibility index (Phi) is 5.52. The molecule has 2 N–H and O–H groups in total. The van der Waals surface area contributed by atoms with E-state index < -0.39 is 0 Å². The van der Waals surface area contributed by atoms with E-state index in [9.17, 15) is 0 Å². The summed E-state index contributed by atoms with van der Waals surface area (Å²) < 4.78 is 0. The van der Waals surface area contributed by atoms with E-state index in [1.807, 2.05) is 55.5 Å². The Bertz CT molecular complexity index is 926. The summed E-state index contributed by atoms with van der Waals surface area (Å²) in [5.41, 5.74) is 12.6. The van der Waals surface area contributed by atoms with Crippen molar-refractivity contribution < 1.29 is 0 Å². The Morgan fingerprint density at radius 3 is 1.96 bits per heavy atom. The molecular formula is C23H25N5. The molecule has 0 spiro atoms. The maximum absolute atomic E-state index is 4.30. The summed E-state index contributed by atoms with van der Waals surface area (Å²) in [7, 11) is 0. The molecule has 1 saturated heterocycles.